The van der Waals surface area contributed by atoms with Gasteiger partial charge in [-0.25, -0.2) is 0 Å². The van der Waals surface area contributed by atoms with Crippen LogP contribution in [-0.2, 0) is 16.6 Å². The first-order valence-corrected chi connectivity index (χ1v) is 12.1. The average Bonchev–Trinajstić information content (AvgIpc) is 3.08. The van der Waals surface area contributed by atoms with Gasteiger partial charge in [0.15, 0.2) is 11.5 Å². The molecule has 0 amide bonds. The number of hydrogen-bond acceptors (Lipinski definition) is 5. The summed E-state index contributed by atoms with van der Waals surface area (Å²) in [5.74, 6) is 1.63. The van der Waals surface area contributed by atoms with Crippen LogP contribution in [0.15, 0.2) is 12.1 Å². The van der Waals surface area contributed by atoms with E-state index >= 15 is 0 Å². The molecule has 0 aromatic heterocycles. The molecule has 5 rings (SSSR count). The second-order valence-electron chi connectivity index (χ2n) is 12.5. The van der Waals surface area contributed by atoms with Crippen molar-refractivity contribution >= 4 is 0 Å². The minimum atomic E-state index is -0.933. The number of hydrogen-bond donors (Lipinski definition) is 1. The maximum absolute atomic E-state index is 12.1. The SMILES string of the molecule is COc1ccc2c3c1O[C@H]1[C@](C)(OC)[C@@H](C(C)(O)C(C)(C)C)C[C@]4(C)[C@@H](C2)N(C)CC[C@]314. The average molecular weight is 444 g/mol. The largest absolute Gasteiger partial charge is 0.493 e. The molecule has 2 heterocycles. The van der Waals surface area contributed by atoms with Crippen molar-refractivity contribution in [2.75, 3.05) is 27.8 Å². The molecule has 1 N–H and O–H groups in total. The zero-order valence-corrected chi connectivity index (χ0v) is 21.3. The highest BCUT2D eigenvalue weighted by molar-refractivity contribution is 5.62. The predicted octanol–water partition coefficient (Wildman–Crippen LogP) is 4.18. The van der Waals surface area contributed by atoms with Crippen LogP contribution in [0.25, 0.3) is 0 Å². The molecular weight excluding hydrogens is 402 g/mol. The van der Waals surface area contributed by atoms with E-state index in [1.165, 1.54) is 11.1 Å². The number of aliphatic hydroxyl groups is 1. The summed E-state index contributed by atoms with van der Waals surface area (Å²) in [6.45, 7) is 14.1. The fourth-order valence-electron chi connectivity index (χ4n) is 8.16. The Balaban J connectivity index is 1.81. The molecule has 1 aromatic carbocycles. The fourth-order valence-corrected chi connectivity index (χ4v) is 8.16. The van der Waals surface area contributed by atoms with E-state index in [1.54, 1.807) is 14.2 Å². The lowest BCUT2D eigenvalue weighted by Crippen LogP contribution is -2.78. The van der Waals surface area contributed by atoms with E-state index in [2.05, 4.69) is 58.7 Å². The Morgan fingerprint density at radius 2 is 1.84 bits per heavy atom. The quantitative estimate of drug-likeness (QED) is 0.759. The molecule has 5 heteroatoms. The van der Waals surface area contributed by atoms with E-state index in [0.717, 1.165) is 37.3 Å². The van der Waals surface area contributed by atoms with Gasteiger partial charge >= 0.3 is 0 Å². The summed E-state index contributed by atoms with van der Waals surface area (Å²) in [5.41, 5.74) is 0.655. The van der Waals surface area contributed by atoms with E-state index in [1.807, 2.05) is 6.92 Å². The fraction of sp³-hybridized carbons (Fsp3) is 0.778. The summed E-state index contributed by atoms with van der Waals surface area (Å²) >= 11 is 0. The topological polar surface area (TPSA) is 51.2 Å². The van der Waals surface area contributed by atoms with Gasteiger partial charge in [-0.15, -0.1) is 0 Å². The minimum absolute atomic E-state index is 0.0484. The van der Waals surface area contributed by atoms with Crippen LogP contribution in [0.5, 0.6) is 11.5 Å². The maximum Gasteiger partial charge on any atom is 0.165 e. The van der Waals surface area contributed by atoms with Crippen molar-refractivity contribution in [2.24, 2.45) is 16.7 Å². The van der Waals surface area contributed by atoms with Crippen molar-refractivity contribution in [3.63, 3.8) is 0 Å². The molecule has 0 radical (unpaired) electrons. The number of nitrogens with zero attached hydrogens (tertiary/aromatic N) is 1. The van der Waals surface area contributed by atoms with Crippen molar-refractivity contribution in [3.8, 4) is 11.5 Å². The van der Waals surface area contributed by atoms with Gasteiger partial charge in [0.1, 0.15) is 11.7 Å². The highest BCUT2D eigenvalue weighted by Gasteiger charge is 2.77. The number of benzene rings is 1. The minimum Gasteiger partial charge on any atom is -0.493 e. The number of likely N-dealkylation sites (tertiary alicyclic amines) is 1. The predicted molar refractivity (Wildman–Crippen MR) is 126 cm³/mol. The van der Waals surface area contributed by atoms with Crippen molar-refractivity contribution in [3.05, 3.63) is 23.3 Å². The number of methoxy groups -OCH3 is 2. The van der Waals surface area contributed by atoms with Crippen molar-refractivity contribution in [1.82, 2.24) is 4.90 Å². The zero-order valence-electron chi connectivity index (χ0n) is 21.3. The Bertz CT molecular complexity index is 952. The van der Waals surface area contributed by atoms with Crippen LogP contribution < -0.4 is 9.47 Å². The highest BCUT2D eigenvalue weighted by Crippen LogP contribution is 2.73. The van der Waals surface area contributed by atoms with E-state index in [-0.39, 0.29) is 28.3 Å². The first-order chi connectivity index (χ1) is 14.8. The van der Waals surface area contributed by atoms with Crippen molar-refractivity contribution in [2.45, 2.75) is 89.6 Å². The summed E-state index contributed by atoms with van der Waals surface area (Å²) < 4.78 is 19.2. The van der Waals surface area contributed by atoms with Gasteiger partial charge in [-0.05, 0) is 69.2 Å². The van der Waals surface area contributed by atoms with E-state index in [9.17, 15) is 5.11 Å². The molecule has 2 bridgehead atoms. The number of ether oxygens (including phenoxy) is 3. The number of likely N-dealkylation sites (N-methyl/N-ethyl adjacent to an activating group) is 1. The maximum atomic E-state index is 12.1. The van der Waals surface area contributed by atoms with Crippen LogP contribution in [-0.4, -0.2) is 61.2 Å². The molecule has 1 spiro atoms. The molecule has 4 aliphatic rings. The third kappa shape index (κ3) is 2.31. The summed E-state index contributed by atoms with van der Waals surface area (Å²) in [5, 5.41) is 12.1. The Morgan fingerprint density at radius 3 is 2.44 bits per heavy atom. The molecule has 2 fully saturated rings. The van der Waals surface area contributed by atoms with Crippen LogP contribution in [0.4, 0.5) is 0 Å². The standard InChI is InChI=1S/C27H41NO4/c1-23(2,3)26(6,29)18-15-24(4)19-14-16-10-11-17(30-8)21-20(16)27(24,12-13-28(19)7)22(32-21)25(18,5)31-9/h10-11,18-19,22,29H,12-15H2,1-9H3/t18-,19+,22-,24+,25+,26?,27-/m0/s1. The van der Waals surface area contributed by atoms with Gasteiger partial charge < -0.3 is 24.2 Å². The van der Waals surface area contributed by atoms with Gasteiger partial charge in [-0.3, -0.25) is 0 Å². The molecule has 1 saturated carbocycles. The molecule has 178 valence electrons. The molecule has 32 heavy (non-hydrogen) atoms. The summed E-state index contributed by atoms with van der Waals surface area (Å²) in [6, 6.07) is 4.71. The molecule has 5 nitrogen and oxygen atoms in total. The second kappa shape index (κ2) is 6.43. The zero-order chi connectivity index (χ0) is 23.5. The molecule has 1 unspecified atom stereocenters. The van der Waals surface area contributed by atoms with Gasteiger partial charge in [-0.2, -0.15) is 0 Å². The van der Waals surface area contributed by atoms with Crippen LogP contribution in [0, 0.1) is 16.7 Å². The Labute approximate surface area is 193 Å². The Kier molecular flexibility index (Phi) is 4.52. The summed E-state index contributed by atoms with van der Waals surface area (Å²) in [6.07, 6.45) is 2.74. The summed E-state index contributed by atoms with van der Waals surface area (Å²) in [7, 11) is 5.79. The number of rotatable bonds is 3. The first kappa shape index (κ1) is 22.5. The van der Waals surface area contributed by atoms with E-state index < -0.39 is 11.2 Å². The van der Waals surface area contributed by atoms with Gasteiger partial charge in [0.2, 0.25) is 0 Å². The van der Waals surface area contributed by atoms with Crippen LogP contribution in [0.2, 0.25) is 0 Å². The molecule has 2 aliphatic heterocycles. The number of piperidine rings is 1. The first-order valence-electron chi connectivity index (χ1n) is 12.1. The van der Waals surface area contributed by atoms with E-state index in [0.29, 0.717) is 6.04 Å². The molecular formula is C27H41NO4. The van der Waals surface area contributed by atoms with Crippen LogP contribution >= 0.6 is 0 Å². The lowest BCUT2D eigenvalue weighted by Gasteiger charge is -2.70. The van der Waals surface area contributed by atoms with E-state index in [4.69, 9.17) is 14.2 Å². The monoisotopic (exact) mass is 443 g/mol. The smallest absolute Gasteiger partial charge is 0.165 e. The van der Waals surface area contributed by atoms with Gasteiger partial charge in [0, 0.05) is 30.0 Å². The highest BCUT2D eigenvalue weighted by atomic mass is 16.6. The van der Waals surface area contributed by atoms with Crippen LogP contribution in [0.1, 0.15) is 65.5 Å². The third-order valence-electron chi connectivity index (χ3n) is 10.6. The van der Waals surface area contributed by atoms with Gasteiger partial charge in [-0.1, -0.05) is 33.8 Å². The van der Waals surface area contributed by atoms with Crippen molar-refractivity contribution in [1.29, 1.82) is 0 Å². The second-order valence-corrected chi connectivity index (χ2v) is 12.5. The van der Waals surface area contributed by atoms with Gasteiger partial charge in [0.25, 0.3) is 0 Å². The van der Waals surface area contributed by atoms with Crippen LogP contribution in [0.3, 0.4) is 0 Å². The van der Waals surface area contributed by atoms with Gasteiger partial charge in [0.05, 0.1) is 12.7 Å². The van der Waals surface area contributed by atoms with Crippen molar-refractivity contribution < 1.29 is 19.3 Å². The Hall–Kier alpha value is -1.30. The molecule has 2 aliphatic carbocycles. The summed E-state index contributed by atoms with van der Waals surface area (Å²) in [4.78, 5) is 2.55. The molecule has 1 aromatic rings. The Morgan fingerprint density at radius 1 is 1.16 bits per heavy atom. The third-order valence-corrected chi connectivity index (χ3v) is 10.6. The normalized spacial score (nSPS) is 42.1. The molecule has 7 atom stereocenters. The lowest BCUT2D eigenvalue weighted by molar-refractivity contribution is -0.269. The lowest BCUT2D eigenvalue weighted by atomic mass is 9.38. The molecule has 1 saturated heterocycles.